The molecular weight excluding hydrogens is 302 g/mol. The molecule has 0 aromatic carbocycles. The second-order valence-corrected chi connectivity index (χ2v) is 7.79. The van der Waals surface area contributed by atoms with Gasteiger partial charge in [-0.25, -0.2) is 4.99 Å². The minimum atomic E-state index is -3.89. The van der Waals surface area contributed by atoms with Crippen molar-refractivity contribution in [1.29, 1.82) is 0 Å². The molecular formula is C15H34N3O3S+. The molecule has 0 bridgehead atoms. The van der Waals surface area contributed by atoms with Crippen molar-refractivity contribution >= 4 is 16.1 Å². The molecule has 0 unspecified atom stereocenters. The fraction of sp³-hybridized carbons (Fsp3) is 0.933. The lowest BCUT2D eigenvalue weighted by Crippen LogP contribution is -2.55. The van der Waals surface area contributed by atoms with Gasteiger partial charge in [0.1, 0.15) is 0 Å². The maximum atomic E-state index is 10.9. The van der Waals surface area contributed by atoms with Crippen molar-refractivity contribution in [3.8, 4) is 0 Å². The first-order valence-electron chi connectivity index (χ1n) is 8.26. The van der Waals surface area contributed by atoms with Gasteiger partial charge < -0.3 is 4.90 Å². The van der Waals surface area contributed by atoms with Crippen LogP contribution >= 0.6 is 0 Å². The predicted octanol–water partition coefficient (Wildman–Crippen LogP) is 2.23. The molecule has 1 N–H and O–H groups in total. The number of nitrogens with zero attached hydrogens (tertiary/aromatic N) is 3. The highest BCUT2D eigenvalue weighted by Crippen LogP contribution is 2.10. The highest BCUT2D eigenvalue weighted by atomic mass is 32.2. The Bertz CT molecular complexity index is 427. The van der Waals surface area contributed by atoms with Crippen molar-refractivity contribution in [3.05, 3.63) is 0 Å². The Hall–Kier alpha value is -0.660. The first-order valence-corrected chi connectivity index (χ1v) is 9.87. The molecule has 0 aliphatic heterocycles. The van der Waals surface area contributed by atoms with E-state index in [-0.39, 0.29) is 5.75 Å². The van der Waals surface area contributed by atoms with Gasteiger partial charge >= 0.3 is 0 Å². The number of hydrogen-bond donors (Lipinski definition) is 1. The molecule has 0 atom stereocenters. The van der Waals surface area contributed by atoms with Gasteiger partial charge in [0, 0.05) is 26.1 Å². The van der Waals surface area contributed by atoms with Crippen molar-refractivity contribution < 1.29 is 17.5 Å². The second kappa shape index (κ2) is 10.2. The number of guanidine groups is 1. The lowest BCUT2D eigenvalue weighted by Gasteiger charge is -2.36. The summed E-state index contributed by atoms with van der Waals surface area (Å²) in [6, 6.07) is 0. The number of hydrogen-bond acceptors (Lipinski definition) is 3. The van der Waals surface area contributed by atoms with Crippen molar-refractivity contribution in [2.45, 2.75) is 46.5 Å². The van der Waals surface area contributed by atoms with Crippen LogP contribution in [0, 0.1) is 0 Å². The Kier molecular flexibility index (Phi) is 9.87. The molecule has 0 radical (unpaired) electrons. The number of quaternary nitrogens is 1. The summed E-state index contributed by atoms with van der Waals surface area (Å²) in [5.74, 6) is 0.818. The SMILES string of the molecule is CCCN=C(N(CCC)CCC)[N+](C)(C)CCCS(=O)(=O)O. The van der Waals surface area contributed by atoms with E-state index in [0.717, 1.165) is 44.9 Å². The minimum absolute atomic E-state index is 0.197. The van der Waals surface area contributed by atoms with Crippen LogP contribution in [-0.2, 0) is 10.1 Å². The molecule has 0 heterocycles. The van der Waals surface area contributed by atoms with E-state index in [9.17, 15) is 8.42 Å². The molecule has 7 heteroatoms. The molecule has 0 saturated carbocycles. The molecule has 0 aliphatic rings. The summed E-state index contributed by atoms with van der Waals surface area (Å²) in [7, 11) is 0.211. The van der Waals surface area contributed by atoms with E-state index in [1.165, 1.54) is 0 Å². The largest absolute Gasteiger partial charge is 0.311 e. The Labute approximate surface area is 136 Å². The van der Waals surface area contributed by atoms with Crippen molar-refractivity contribution in [1.82, 2.24) is 4.90 Å². The van der Waals surface area contributed by atoms with Crippen LogP contribution < -0.4 is 0 Å². The Morgan fingerprint density at radius 2 is 1.64 bits per heavy atom. The maximum Gasteiger partial charge on any atom is 0.299 e. The van der Waals surface area contributed by atoms with Crippen LogP contribution in [0.25, 0.3) is 0 Å². The zero-order chi connectivity index (χ0) is 17.2. The van der Waals surface area contributed by atoms with Crippen molar-refractivity contribution in [2.24, 2.45) is 4.99 Å². The van der Waals surface area contributed by atoms with Gasteiger partial charge in [-0.3, -0.25) is 9.04 Å². The van der Waals surface area contributed by atoms with Crippen molar-refractivity contribution in [2.75, 3.05) is 46.0 Å². The summed E-state index contributed by atoms with van der Waals surface area (Å²) in [6.07, 6.45) is 3.51. The lowest BCUT2D eigenvalue weighted by molar-refractivity contribution is -0.805. The van der Waals surface area contributed by atoms with Gasteiger partial charge in [-0.15, -0.1) is 0 Å². The molecule has 22 heavy (non-hydrogen) atoms. The fourth-order valence-electron chi connectivity index (χ4n) is 2.48. The monoisotopic (exact) mass is 336 g/mol. The number of aliphatic imine (C=N–C) groups is 1. The maximum absolute atomic E-state index is 10.9. The zero-order valence-electron chi connectivity index (χ0n) is 14.9. The summed E-state index contributed by atoms with van der Waals surface area (Å²) in [6.45, 7) is 9.72. The van der Waals surface area contributed by atoms with Gasteiger partial charge in [-0.1, -0.05) is 20.8 Å². The van der Waals surface area contributed by atoms with E-state index in [4.69, 9.17) is 9.55 Å². The zero-order valence-corrected chi connectivity index (χ0v) is 15.7. The molecule has 0 rings (SSSR count). The highest BCUT2D eigenvalue weighted by Gasteiger charge is 2.29. The normalized spacial score (nSPS) is 13.5. The minimum Gasteiger partial charge on any atom is -0.311 e. The molecule has 0 aliphatic carbocycles. The van der Waals surface area contributed by atoms with Crippen molar-refractivity contribution in [3.63, 3.8) is 0 Å². The third-order valence-electron chi connectivity index (χ3n) is 3.41. The van der Waals surface area contributed by atoms with Crippen LogP contribution in [0.3, 0.4) is 0 Å². The van der Waals surface area contributed by atoms with E-state index in [2.05, 4.69) is 39.8 Å². The average molecular weight is 337 g/mol. The molecule has 132 valence electrons. The van der Waals surface area contributed by atoms with Crippen LogP contribution in [0.5, 0.6) is 0 Å². The third kappa shape index (κ3) is 8.70. The first-order chi connectivity index (χ1) is 10.2. The molecule has 0 spiro atoms. The highest BCUT2D eigenvalue weighted by molar-refractivity contribution is 7.85. The standard InChI is InChI=1S/C15H33N3O3S/c1-6-10-16-15(17(11-7-2)12-8-3)18(4,5)13-9-14-22(19,20)21/h6-14H2,1-5H3/p+1. The van der Waals surface area contributed by atoms with Crippen LogP contribution in [0.2, 0.25) is 0 Å². The average Bonchev–Trinajstić information content (AvgIpc) is 2.37. The second-order valence-electron chi connectivity index (χ2n) is 6.22. The van der Waals surface area contributed by atoms with Gasteiger partial charge in [0.15, 0.2) is 0 Å². The Balaban J connectivity index is 5.10. The predicted molar refractivity (Wildman–Crippen MR) is 92.8 cm³/mol. The van der Waals surface area contributed by atoms with Gasteiger partial charge in [0.2, 0.25) is 0 Å². The molecule has 0 saturated heterocycles. The summed E-state index contributed by atoms with van der Waals surface area (Å²) < 4.78 is 31.2. The first kappa shape index (κ1) is 21.3. The van der Waals surface area contributed by atoms with E-state index in [1.54, 1.807) is 0 Å². The Morgan fingerprint density at radius 1 is 1.09 bits per heavy atom. The van der Waals surface area contributed by atoms with Gasteiger partial charge in [-0.05, 0) is 19.3 Å². The number of rotatable bonds is 10. The van der Waals surface area contributed by atoms with Gasteiger partial charge in [0.25, 0.3) is 16.1 Å². The topological polar surface area (TPSA) is 70.0 Å². The fourth-order valence-corrected chi connectivity index (χ4v) is 2.97. The summed E-state index contributed by atoms with van der Waals surface area (Å²) in [4.78, 5) is 7.08. The van der Waals surface area contributed by atoms with E-state index >= 15 is 0 Å². The third-order valence-corrected chi connectivity index (χ3v) is 4.21. The summed E-state index contributed by atoms with van der Waals surface area (Å²) in [5, 5.41) is 0. The van der Waals surface area contributed by atoms with Gasteiger partial charge in [-0.2, -0.15) is 8.42 Å². The van der Waals surface area contributed by atoms with Crippen LogP contribution in [-0.4, -0.2) is 74.3 Å². The van der Waals surface area contributed by atoms with E-state index in [1.807, 2.05) is 0 Å². The molecule has 0 aromatic rings. The van der Waals surface area contributed by atoms with Crippen LogP contribution in [0.4, 0.5) is 0 Å². The Morgan fingerprint density at radius 3 is 2.05 bits per heavy atom. The van der Waals surface area contributed by atoms with Crippen LogP contribution in [0.1, 0.15) is 46.5 Å². The van der Waals surface area contributed by atoms with Crippen LogP contribution in [0.15, 0.2) is 4.99 Å². The molecule has 0 amide bonds. The molecule has 6 nitrogen and oxygen atoms in total. The van der Waals surface area contributed by atoms with Gasteiger partial charge in [0.05, 0.1) is 26.4 Å². The van der Waals surface area contributed by atoms with E-state index in [0.29, 0.717) is 17.4 Å². The lowest BCUT2D eigenvalue weighted by atomic mass is 10.3. The quantitative estimate of drug-likeness (QED) is 0.287. The molecule has 0 fully saturated rings. The molecule has 0 aromatic heterocycles. The smallest absolute Gasteiger partial charge is 0.299 e. The summed E-state index contributed by atoms with van der Waals surface area (Å²) >= 11 is 0. The summed E-state index contributed by atoms with van der Waals surface area (Å²) in [5.41, 5.74) is 0. The van der Waals surface area contributed by atoms with E-state index < -0.39 is 10.1 Å².